The molecule has 8 heteroatoms. The van der Waals surface area contributed by atoms with Crippen LogP contribution in [0.1, 0.15) is 18.4 Å². The molecule has 0 bridgehead atoms. The van der Waals surface area contributed by atoms with Crippen LogP contribution >= 0.6 is 23.2 Å². The van der Waals surface area contributed by atoms with E-state index in [1.165, 1.54) is 0 Å². The van der Waals surface area contributed by atoms with Gasteiger partial charge in [0.05, 0.1) is 17.2 Å². The van der Waals surface area contributed by atoms with E-state index >= 15 is 0 Å². The summed E-state index contributed by atoms with van der Waals surface area (Å²) in [5.41, 5.74) is 3.67. The van der Waals surface area contributed by atoms with Gasteiger partial charge in [-0.2, -0.15) is 5.26 Å². The molecule has 0 aromatic heterocycles. The van der Waals surface area contributed by atoms with Crippen LogP contribution < -0.4 is 26.4 Å². The van der Waals surface area contributed by atoms with Crippen molar-refractivity contribution < 1.29 is 4.79 Å². The maximum Gasteiger partial charge on any atom is 0.253 e. The number of carbonyl (C=O) groups excluding carboxylic acids is 1. The molecule has 1 atom stereocenters. The minimum absolute atomic E-state index is 0.0553. The molecule has 1 fully saturated rings. The van der Waals surface area contributed by atoms with Crippen LogP contribution in [0.5, 0.6) is 0 Å². The Balaban J connectivity index is 1.34. The highest BCUT2D eigenvalue weighted by Crippen LogP contribution is 2.24. The lowest BCUT2D eigenvalue weighted by molar-refractivity contribution is -0.128. The number of carbonyl (C=O) groups is 1. The van der Waals surface area contributed by atoms with Gasteiger partial charge in [0.15, 0.2) is 0 Å². The second kappa shape index (κ2) is 10.1. The molecule has 5 rings (SSSR count). The van der Waals surface area contributed by atoms with Crippen molar-refractivity contribution in [3.63, 3.8) is 0 Å². The van der Waals surface area contributed by atoms with Crippen LogP contribution in [0.2, 0.25) is 0 Å². The number of anilines is 1. The van der Waals surface area contributed by atoms with Gasteiger partial charge in [-0.05, 0) is 65.6 Å². The normalized spacial score (nSPS) is 19.5. The molecule has 1 amide bonds. The number of piperidine rings is 1. The third kappa shape index (κ3) is 5.02. The van der Waals surface area contributed by atoms with Gasteiger partial charge in [-0.3, -0.25) is 4.79 Å². The molecule has 178 valence electrons. The average molecular weight is 506 g/mol. The Kier molecular flexibility index (Phi) is 6.72. The van der Waals surface area contributed by atoms with Crippen LogP contribution in [0.4, 0.5) is 5.69 Å². The first-order valence-corrected chi connectivity index (χ1v) is 12.5. The molecular weight excluding hydrogens is 481 g/mol. The van der Waals surface area contributed by atoms with Crippen molar-refractivity contribution in [2.75, 3.05) is 25.0 Å². The van der Waals surface area contributed by atoms with Gasteiger partial charge in [-0.25, -0.2) is 0 Å². The molecule has 35 heavy (non-hydrogen) atoms. The molecule has 3 aliphatic heterocycles. The molecule has 2 aromatic rings. The molecule has 1 unspecified atom stereocenters. The van der Waals surface area contributed by atoms with Crippen molar-refractivity contribution in [1.82, 2.24) is 15.5 Å². The zero-order chi connectivity index (χ0) is 24.4. The minimum Gasteiger partial charge on any atom is -0.387 e. The summed E-state index contributed by atoms with van der Waals surface area (Å²) in [6.45, 7) is 2.07. The van der Waals surface area contributed by atoms with Crippen LogP contribution in [0, 0.1) is 11.3 Å². The Morgan fingerprint density at radius 3 is 2.74 bits per heavy atom. The fraction of sp³-hybridized carbons (Fsp3) is 0.259. The molecule has 2 aromatic carbocycles. The quantitative estimate of drug-likeness (QED) is 0.439. The van der Waals surface area contributed by atoms with E-state index in [0.29, 0.717) is 29.4 Å². The van der Waals surface area contributed by atoms with Crippen LogP contribution in [-0.2, 0) is 4.79 Å². The summed E-state index contributed by atoms with van der Waals surface area (Å²) in [6.07, 6.45) is 9.24. The minimum atomic E-state index is -0.621. The smallest absolute Gasteiger partial charge is 0.253 e. The number of likely N-dealkylation sites (tertiary alicyclic amines) is 1. The van der Waals surface area contributed by atoms with Crippen LogP contribution in [-0.4, -0.2) is 42.0 Å². The van der Waals surface area contributed by atoms with Crippen molar-refractivity contribution in [2.24, 2.45) is 0 Å². The largest absolute Gasteiger partial charge is 0.387 e. The second-order valence-electron chi connectivity index (χ2n) is 8.83. The first kappa shape index (κ1) is 23.3. The Morgan fingerprint density at radius 1 is 1.14 bits per heavy atom. The summed E-state index contributed by atoms with van der Waals surface area (Å²) in [5.74, 6) is -0.0553. The number of amides is 1. The molecule has 3 N–H and O–H groups in total. The number of hydrogen-bond donors (Lipinski definition) is 3. The number of benzene rings is 2. The Bertz CT molecular complexity index is 1380. The van der Waals surface area contributed by atoms with Crippen molar-refractivity contribution >= 4 is 47.1 Å². The summed E-state index contributed by atoms with van der Waals surface area (Å²) < 4.78 is 0. The number of hydrogen-bond acceptors (Lipinski definition) is 5. The topological polar surface area (TPSA) is 80.2 Å². The zero-order valence-electron chi connectivity index (χ0n) is 19.0. The molecule has 0 aliphatic carbocycles. The van der Waals surface area contributed by atoms with Gasteiger partial charge in [0, 0.05) is 42.8 Å². The molecule has 0 spiro atoms. The first-order valence-electron chi connectivity index (χ1n) is 11.6. The van der Waals surface area contributed by atoms with Gasteiger partial charge in [0.25, 0.3) is 5.91 Å². The first-order chi connectivity index (χ1) is 17.0. The molecule has 3 aliphatic rings. The van der Waals surface area contributed by atoms with E-state index in [1.54, 1.807) is 12.2 Å². The Morgan fingerprint density at radius 2 is 1.97 bits per heavy atom. The summed E-state index contributed by atoms with van der Waals surface area (Å²) >= 11 is 12.2. The highest BCUT2D eigenvalue weighted by Gasteiger charge is 2.29. The fourth-order valence-electron chi connectivity index (χ4n) is 4.69. The van der Waals surface area contributed by atoms with Gasteiger partial charge in [-0.15, -0.1) is 0 Å². The number of nitriles is 1. The fourth-order valence-corrected chi connectivity index (χ4v) is 5.20. The number of alkyl halides is 1. The van der Waals surface area contributed by atoms with E-state index in [-0.39, 0.29) is 11.9 Å². The number of rotatable bonds is 4. The molecule has 6 nitrogen and oxygen atoms in total. The maximum absolute atomic E-state index is 13.0. The maximum atomic E-state index is 13.0. The third-order valence-corrected chi connectivity index (χ3v) is 7.14. The highest BCUT2D eigenvalue weighted by atomic mass is 35.5. The van der Waals surface area contributed by atoms with Crippen molar-refractivity contribution in [3.05, 3.63) is 75.3 Å². The predicted molar refractivity (Wildman–Crippen MR) is 141 cm³/mol. The molecule has 0 radical (unpaired) electrons. The lowest BCUT2D eigenvalue weighted by atomic mass is 9.98. The summed E-state index contributed by atoms with van der Waals surface area (Å²) in [5, 5.41) is 21.9. The molecule has 1 saturated heterocycles. The second-order valence-corrected chi connectivity index (χ2v) is 9.67. The lowest BCUT2D eigenvalue weighted by Gasteiger charge is -2.34. The Labute approximate surface area is 214 Å². The number of halogens is 2. The van der Waals surface area contributed by atoms with E-state index in [4.69, 9.17) is 23.2 Å². The monoisotopic (exact) mass is 505 g/mol. The predicted octanol–water partition coefficient (Wildman–Crippen LogP) is 2.92. The van der Waals surface area contributed by atoms with Gasteiger partial charge in [0.1, 0.15) is 10.7 Å². The van der Waals surface area contributed by atoms with E-state index in [1.807, 2.05) is 35.4 Å². The van der Waals surface area contributed by atoms with E-state index < -0.39 is 5.50 Å². The molecular formula is C27H25Cl2N5O. The van der Waals surface area contributed by atoms with Gasteiger partial charge >= 0.3 is 0 Å². The van der Waals surface area contributed by atoms with Crippen LogP contribution in [0.25, 0.3) is 23.4 Å². The highest BCUT2D eigenvalue weighted by molar-refractivity contribution is 6.31. The standard InChI is InChI=1S/C27H25Cl2N5O/c28-25-5-4-22(26(29)33-25)27(35)34-10-7-21(8-11-34)32-24-14-20(13-19-6-9-31-16-23(19)24)18-3-1-2-17(12-18)15-30/h1-6,12-14,16,21,26,31-33H,7-11H2. The van der Waals surface area contributed by atoms with Crippen molar-refractivity contribution in [3.8, 4) is 17.2 Å². The number of allylic oxidation sites excluding steroid dienone is 2. The third-order valence-electron chi connectivity index (χ3n) is 6.56. The SMILES string of the molecule is N#Cc1cccc(-c2cc(NC3CCN(C(=O)C4=CC=C(Cl)NC4Cl)CC3)c3c(c2)=CCNC=3)c1. The zero-order valence-corrected chi connectivity index (χ0v) is 20.5. The summed E-state index contributed by atoms with van der Waals surface area (Å²) in [7, 11) is 0. The lowest BCUT2D eigenvalue weighted by Crippen LogP contribution is -2.46. The number of nitrogens with zero attached hydrogens (tertiary/aromatic N) is 2. The number of fused-ring (bicyclic) bond motifs is 1. The number of nitrogens with one attached hydrogen (secondary N) is 3. The number of dihydropyridines is 1. The van der Waals surface area contributed by atoms with Crippen LogP contribution in [0.15, 0.2) is 59.3 Å². The van der Waals surface area contributed by atoms with Crippen molar-refractivity contribution in [2.45, 2.75) is 24.4 Å². The molecule has 0 saturated carbocycles. The van der Waals surface area contributed by atoms with Crippen LogP contribution in [0.3, 0.4) is 0 Å². The summed E-state index contributed by atoms with van der Waals surface area (Å²) in [6, 6.07) is 14.5. The molecule has 3 heterocycles. The van der Waals surface area contributed by atoms with E-state index in [2.05, 4.69) is 40.2 Å². The van der Waals surface area contributed by atoms with E-state index in [0.717, 1.165) is 46.6 Å². The Hall–Kier alpha value is -3.40. The van der Waals surface area contributed by atoms with Gasteiger partial charge < -0.3 is 20.9 Å². The van der Waals surface area contributed by atoms with E-state index in [9.17, 15) is 10.1 Å². The average Bonchev–Trinajstić information content (AvgIpc) is 2.89. The van der Waals surface area contributed by atoms with Gasteiger partial charge in [0.2, 0.25) is 0 Å². The van der Waals surface area contributed by atoms with Crippen molar-refractivity contribution in [1.29, 1.82) is 5.26 Å². The summed E-state index contributed by atoms with van der Waals surface area (Å²) in [4.78, 5) is 14.8. The van der Waals surface area contributed by atoms with Gasteiger partial charge in [-0.1, -0.05) is 41.4 Å².